The first kappa shape index (κ1) is 22.3. The van der Waals surface area contributed by atoms with Gasteiger partial charge in [0.2, 0.25) is 0 Å². The molecule has 0 unspecified atom stereocenters. The summed E-state index contributed by atoms with van der Waals surface area (Å²) in [7, 11) is 0. The third kappa shape index (κ3) is 3.49. The van der Waals surface area contributed by atoms with Gasteiger partial charge in [0.1, 0.15) is 11.5 Å². The van der Waals surface area contributed by atoms with Crippen molar-refractivity contribution in [3.8, 4) is 11.5 Å². The molecule has 5 rings (SSSR count). The van der Waals surface area contributed by atoms with Crippen LogP contribution < -0.4 is 33.1 Å². The van der Waals surface area contributed by atoms with Crippen molar-refractivity contribution in [2.24, 2.45) is 0 Å². The number of phenols is 2. The summed E-state index contributed by atoms with van der Waals surface area (Å²) < 4.78 is 0.933. The third-order valence-corrected chi connectivity index (χ3v) is 5.58. The van der Waals surface area contributed by atoms with Gasteiger partial charge in [-0.05, 0) is 60.7 Å². The van der Waals surface area contributed by atoms with E-state index in [1.54, 1.807) is 0 Å². The van der Waals surface area contributed by atoms with Gasteiger partial charge in [-0.25, -0.2) is 0 Å². The van der Waals surface area contributed by atoms with Crippen molar-refractivity contribution in [3.63, 3.8) is 0 Å². The first-order chi connectivity index (χ1) is 17.2. The summed E-state index contributed by atoms with van der Waals surface area (Å²) in [4.78, 5) is 76.2. The Hall–Kier alpha value is -5.52. The molecule has 36 heavy (non-hydrogen) atoms. The van der Waals surface area contributed by atoms with Crippen molar-refractivity contribution in [1.29, 1.82) is 0 Å². The van der Waals surface area contributed by atoms with Crippen LogP contribution in [0.1, 0.15) is 20.7 Å². The minimum atomic E-state index is -0.920. The number of nitrogens with one attached hydrogen (secondary N) is 2. The zero-order valence-corrected chi connectivity index (χ0v) is 18.0. The quantitative estimate of drug-likeness (QED) is 0.276. The minimum absolute atomic E-state index is 0.0669. The minimum Gasteiger partial charge on any atom is -0.508 e. The van der Waals surface area contributed by atoms with Crippen LogP contribution >= 0.6 is 0 Å². The SMILES string of the molecule is O=C(Nn1c(=O)c2cc3c(=O)n(NC(=O)c4ccc(O)cc4)c(=O)c3cc2c1=O)c1ccc(O)cc1. The zero-order chi connectivity index (χ0) is 25.7. The van der Waals surface area contributed by atoms with Crippen molar-refractivity contribution >= 4 is 33.4 Å². The van der Waals surface area contributed by atoms with E-state index in [0.717, 1.165) is 12.1 Å². The highest BCUT2D eigenvalue weighted by atomic mass is 16.3. The van der Waals surface area contributed by atoms with Crippen LogP contribution in [0.2, 0.25) is 0 Å². The molecule has 0 aliphatic rings. The fourth-order valence-corrected chi connectivity index (χ4v) is 3.73. The Labute approximate surface area is 198 Å². The summed E-state index contributed by atoms with van der Waals surface area (Å²) in [5, 5.41) is 17.8. The maximum Gasteiger partial charge on any atom is 0.280 e. The summed E-state index contributed by atoms with van der Waals surface area (Å²) in [6.45, 7) is 0. The molecule has 0 atom stereocenters. The Balaban J connectivity index is 1.56. The highest BCUT2D eigenvalue weighted by molar-refractivity contribution is 6.03. The van der Waals surface area contributed by atoms with E-state index in [0.29, 0.717) is 9.35 Å². The Kier molecular flexibility index (Phi) is 4.99. The van der Waals surface area contributed by atoms with E-state index in [9.17, 15) is 39.0 Å². The van der Waals surface area contributed by atoms with Crippen LogP contribution in [0.4, 0.5) is 0 Å². The van der Waals surface area contributed by atoms with Crippen LogP contribution in [0, 0.1) is 0 Å². The number of hydrogen-bond acceptors (Lipinski definition) is 8. The van der Waals surface area contributed by atoms with Gasteiger partial charge in [-0.3, -0.25) is 39.6 Å². The van der Waals surface area contributed by atoms with Gasteiger partial charge in [-0.1, -0.05) is 0 Å². The Bertz CT molecular complexity index is 1690. The number of aromatic hydroxyl groups is 2. The molecule has 0 saturated carbocycles. The van der Waals surface area contributed by atoms with Gasteiger partial charge in [0.15, 0.2) is 0 Å². The maximum absolute atomic E-state index is 12.8. The van der Waals surface area contributed by atoms with E-state index in [1.165, 1.54) is 48.5 Å². The van der Waals surface area contributed by atoms with Gasteiger partial charge >= 0.3 is 0 Å². The number of phenolic OH excluding ortho intramolecular Hbond substituents is 2. The van der Waals surface area contributed by atoms with Gasteiger partial charge < -0.3 is 10.2 Å². The zero-order valence-electron chi connectivity index (χ0n) is 18.0. The monoisotopic (exact) mass is 486 g/mol. The van der Waals surface area contributed by atoms with Crippen molar-refractivity contribution in [3.05, 3.63) is 113 Å². The summed E-state index contributed by atoms with van der Waals surface area (Å²) in [5.41, 5.74) is 0.803. The summed E-state index contributed by atoms with van der Waals surface area (Å²) in [5.74, 6) is -1.76. The number of fused-ring (bicyclic) bond motifs is 2. The van der Waals surface area contributed by atoms with Crippen LogP contribution in [0.5, 0.6) is 11.5 Å². The van der Waals surface area contributed by atoms with E-state index in [1.807, 2.05) is 0 Å². The molecule has 0 aliphatic heterocycles. The molecule has 3 aromatic carbocycles. The molecule has 2 heterocycles. The Morgan fingerprint density at radius 2 is 0.806 bits per heavy atom. The van der Waals surface area contributed by atoms with Crippen LogP contribution in [0.15, 0.2) is 79.8 Å². The average molecular weight is 486 g/mol. The molecule has 4 N–H and O–H groups in total. The predicted octanol–water partition coefficient (Wildman–Crippen LogP) is 0.0914. The smallest absolute Gasteiger partial charge is 0.280 e. The second-order valence-corrected chi connectivity index (χ2v) is 7.81. The molecule has 12 nitrogen and oxygen atoms in total. The largest absolute Gasteiger partial charge is 0.508 e. The number of amides is 2. The maximum atomic E-state index is 12.8. The summed E-state index contributed by atoms with van der Waals surface area (Å²) in [6, 6.07) is 12.3. The Morgan fingerprint density at radius 3 is 1.08 bits per heavy atom. The van der Waals surface area contributed by atoms with E-state index in [2.05, 4.69) is 10.9 Å². The normalized spacial score (nSPS) is 11.1. The summed E-state index contributed by atoms with van der Waals surface area (Å²) >= 11 is 0. The molecular formula is C24H14N4O8. The highest BCUT2D eigenvalue weighted by Crippen LogP contribution is 2.15. The molecule has 12 heteroatoms. The topological polar surface area (TPSA) is 177 Å². The van der Waals surface area contributed by atoms with Crippen LogP contribution in [-0.2, 0) is 0 Å². The van der Waals surface area contributed by atoms with Crippen LogP contribution in [-0.4, -0.2) is 31.4 Å². The molecule has 0 radical (unpaired) electrons. The van der Waals surface area contributed by atoms with Gasteiger partial charge in [0.05, 0.1) is 21.5 Å². The Morgan fingerprint density at radius 1 is 0.528 bits per heavy atom. The van der Waals surface area contributed by atoms with Crippen molar-refractivity contribution in [1.82, 2.24) is 9.35 Å². The lowest BCUT2D eigenvalue weighted by Crippen LogP contribution is -2.38. The number of aromatic nitrogens is 2. The van der Waals surface area contributed by atoms with Crippen molar-refractivity contribution in [2.45, 2.75) is 0 Å². The standard InChI is InChI=1S/C24H14N4O8/c29-13-5-1-11(2-6-13)19(31)25-27-21(33)15-9-17-18(10-16(15)22(27)34)24(36)28(23(17)35)26-20(32)12-3-7-14(30)8-4-12/h1-10,29-30H,(H,25,31)(H,26,32). The molecule has 0 saturated heterocycles. The average Bonchev–Trinajstić information content (AvgIpc) is 3.23. The molecule has 0 aliphatic carbocycles. The fourth-order valence-electron chi connectivity index (χ4n) is 3.73. The molecule has 178 valence electrons. The van der Waals surface area contributed by atoms with E-state index < -0.39 is 34.1 Å². The molecule has 0 spiro atoms. The molecule has 2 amide bonds. The lowest BCUT2D eigenvalue weighted by atomic mass is 10.1. The van der Waals surface area contributed by atoms with E-state index >= 15 is 0 Å². The second-order valence-electron chi connectivity index (χ2n) is 7.81. The van der Waals surface area contributed by atoms with Gasteiger partial charge in [-0.2, -0.15) is 9.35 Å². The third-order valence-electron chi connectivity index (χ3n) is 5.58. The van der Waals surface area contributed by atoms with Crippen molar-refractivity contribution in [2.75, 3.05) is 10.9 Å². The predicted molar refractivity (Wildman–Crippen MR) is 128 cm³/mol. The van der Waals surface area contributed by atoms with Gasteiger partial charge in [-0.15, -0.1) is 0 Å². The number of rotatable bonds is 4. The number of hydrogen-bond donors (Lipinski definition) is 4. The van der Waals surface area contributed by atoms with Crippen molar-refractivity contribution < 1.29 is 19.8 Å². The van der Waals surface area contributed by atoms with Gasteiger partial charge in [0, 0.05) is 11.1 Å². The molecule has 0 bridgehead atoms. The first-order valence-electron chi connectivity index (χ1n) is 10.3. The first-order valence-corrected chi connectivity index (χ1v) is 10.3. The lowest BCUT2D eigenvalue weighted by Gasteiger charge is -2.04. The number of benzene rings is 3. The van der Waals surface area contributed by atoms with Crippen LogP contribution in [0.25, 0.3) is 21.5 Å². The summed E-state index contributed by atoms with van der Waals surface area (Å²) in [6.07, 6.45) is 0. The lowest BCUT2D eigenvalue weighted by molar-refractivity contribution is 0.0998. The molecular weight excluding hydrogens is 472 g/mol. The number of nitrogens with zero attached hydrogens (tertiary/aromatic N) is 2. The van der Waals surface area contributed by atoms with Crippen LogP contribution in [0.3, 0.4) is 0 Å². The fraction of sp³-hybridized carbons (Fsp3) is 0. The van der Waals surface area contributed by atoms with E-state index in [-0.39, 0.29) is 44.2 Å². The molecule has 5 aromatic rings. The number of carbonyl (C=O) groups is 2. The number of carbonyl (C=O) groups excluding carboxylic acids is 2. The van der Waals surface area contributed by atoms with Gasteiger partial charge in [0.25, 0.3) is 34.1 Å². The van der Waals surface area contributed by atoms with E-state index in [4.69, 9.17) is 0 Å². The molecule has 2 aromatic heterocycles. The highest BCUT2D eigenvalue weighted by Gasteiger charge is 2.22. The second kappa shape index (κ2) is 8.06. The molecule has 0 fully saturated rings.